The molecule has 5 heteroatoms. The predicted octanol–water partition coefficient (Wildman–Crippen LogP) is 7.06. The van der Waals surface area contributed by atoms with Gasteiger partial charge in [-0.15, -0.1) is 0 Å². The smallest absolute Gasteiger partial charge is 0.223 e. The molecule has 0 heterocycles. The molecular formula is C32H57FN2O2. The molecule has 7 atom stereocenters. The number of carbonyl (C=O) groups excluding carboxylic acids is 1. The molecule has 37 heavy (non-hydrogen) atoms. The Kier molecular flexibility index (Phi) is 10.8. The first-order valence-electron chi connectivity index (χ1n) is 16.1. The third-order valence-corrected chi connectivity index (χ3v) is 11.4. The summed E-state index contributed by atoms with van der Waals surface area (Å²) in [5, 5.41) is 7.35. The number of halogens is 1. The zero-order valence-electron chi connectivity index (χ0n) is 24.4. The fourth-order valence-electron chi connectivity index (χ4n) is 8.82. The number of alkyl halides is 1. The molecular weight excluding hydrogens is 463 g/mol. The Balaban J connectivity index is 1.25. The number of ether oxygens (including phenoxy) is 1. The summed E-state index contributed by atoms with van der Waals surface area (Å²) >= 11 is 0. The third-order valence-electron chi connectivity index (χ3n) is 11.4. The average Bonchev–Trinajstić information content (AvgIpc) is 3.16. The van der Waals surface area contributed by atoms with Crippen LogP contribution in [0.25, 0.3) is 0 Å². The molecule has 0 aromatic carbocycles. The van der Waals surface area contributed by atoms with Gasteiger partial charge in [-0.05, 0) is 126 Å². The fourth-order valence-corrected chi connectivity index (χ4v) is 8.82. The zero-order valence-corrected chi connectivity index (χ0v) is 24.4. The molecule has 4 rings (SSSR count). The highest BCUT2D eigenvalue weighted by Crippen LogP contribution is 2.47. The van der Waals surface area contributed by atoms with Crippen LogP contribution in [0.15, 0.2) is 0 Å². The molecule has 214 valence electrons. The van der Waals surface area contributed by atoms with Gasteiger partial charge in [0, 0.05) is 18.6 Å². The molecule has 2 N–H and O–H groups in total. The summed E-state index contributed by atoms with van der Waals surface area (Å²) in [5.74, 6) is 3.73. The van der Waals surface area contributed by atoms with Gasteiger partial charge in [0.1, 0.15) is 6.17 Å². The van der Waals surface area contributed by atoms with Gasteiger partial charge in [-0.2, -0.15) is 0 Å². The van der Waals surface area contributed by atoms with Crippen LogP contribution in [0.3, 0.4) is 0 Å². The van der Waals surface area contributed by atoms with Gasteiger partial charge in [-0.3, -0.25) is 4.79 Å². The van der Waals surface area contributed by atoms with E-state index in [2.05, 4.69) is 38.3 Å². The molecule has 4 nitrogen and oxygen atoms in total. The number of hydrogen-bond donors (Lipinski definition) is 2. The van der Waals surface area contributed by atoms with E-state index in [1.54, 1.807) is 0 Å². The topological polar surface area (TPSA) is 50.4 Å². The van der Waals surface area contributed by atoms with Gasteiger partial charge in [0.25, 0.3) is 0 Å². The summed E-state index contributed by atoms with van der Waals surface area (Å²) in [4.78, 5) is 13.0. The lowest BCUT2D eigenvalue weighted by molar-refractivity contribution is -0.127. The van der Waals surface area contributed by atoms with Crippen molar-refractivity contribution in [2.24, 2.45) is 40.9 Å². The highest BCUT2D eigenvalue weighted by molar-refractivity contribution is 5.79. The molecule has 7 unspecified atom stereocenters. The molecule has 4 aliphatic rings. The highest BCUT2D eigenvalue weighted by atomic mass is 19.1. The second-order valence-electron chi connectivity index (χ2n) is 13.7. The fraction of sp³-hybridized carbons (Fsp3) is 0.969. The van der Waals surface area contributed by atoms with E-state index < -0.39 is 6.17 Å². The normalized spacial score (nSPS) is 41.5. The first-order chi connectivity index (χ1) is 17.8. The maximum atomic E-state index is 13.8. The van der Waals surface area contributed by atoms with Crippen LogP contribution in [0, 0.1) is 40.9 Å². The van der Waals surface area contributed by atoms with Crippen LogP contribution < -0.4 is 10.6 Å². The molecule has 4 fully saturated rings. The lowest BCUT2D eigenvalue weighted by Gasteiger charge is -2.45. The second kappa shape index (κ2) is 13.6. The summed E-state index contributed by atoms with van der Waals surface area (Å²) in [6, 6.07) is 0.316. The van der Waals surface area contributed by atoms with Gasteiger partial charge in [-0.1, -0.05) is 40.0 Å². The first-order valence-corrected chi connectivity index (χ1v) is 16.1. The van der Waals surface area contributed by atoms with Crippen molar-refractivity contribution in [2.45, 2.75) is 136 Å². The summed E-state index contributed by atoms with van der Waals surface area (Å²) in [6.07, 6.45) is 15.0. The van der Waals surface area contributed by atoms with Gasteiger partial charge in [0.15, 0.2) is 0 Å². The van der Waals surface area contributed by atoms with Crippen molar-refractivity contribution >= 4 is 5.91 Å². The largest absolute Gasteiger partial charge is 0.378 e. The number of carbonyl (C=O) groups is 1. The molecule has 4 aliphatic carbocycles. The summed E-state index contributed by atoms with van der Waals surface area (Å²) in [7, 11) is 0. The van der Waals surface area contributed by atoms with E-state index >= 15 is 0 Å². The van der Waals surface area contributed by atoms with Crippen LogP contribution in [-0.4, -0.2) is 43.9 Å². The Bertz CT molecular complexity index is 705. The Labute approximate surface area is 227 Å². The summed E-state index contributed by atoms with van der Waals surface area (Å²) in [5.41, 5.74) is 0.172. The van der Waals surface area contributed by atoms with Crippen molar-refractivity contribution in [2.75, 3.05) is 19.7 Å². The maximum absolute atomic E-state index is 13.8. The predicted molar refractivity (Wildman–Crippen MR) is 150 cm³/mol. The van der Waals surface area contributed by atoms with E-state index in [0.29, 0.717) is 47.6 Å². The van der Waals surface area contributed by atoms with Crippen molar-refractivity contribution in [1.29, 1.82) is 0 Å². The molecule has 0 saturated heterocycles. The summed E-state index contributed by atoms with van der Waals surface area (Å²) < 4.78 is 20.1. The monoisotopic (exact) mass is 520 g/mol. The minimum absolute atomic E-state index is 0.172. The average molecular weight is 521 g/mol. The zero-order chi connectivity index (χ0) is 26.4. The van der Waals surface area contributed by atoms with Crippen molar-refractivity contribution in [3.63, 3.8) is 0 Å². The van der Waals surface area contributed by atoms with E-state index in [1.807, 2.05) is 0 Å². The van der Waals surface area contributed by atoms with Gasteiger partial charge in [0.05, 0.1) is 6.10 Å². The summed E-state index contributed by atoms with van der Waals surface area (Å²) in [6.45, 7) is 12.2. The van der Waals surface area contributed by atoms with Crippen LogP contribution in [0.1, 0.15) is 118 Å². The Morgan fingerprint density at radius 1 is 0.973 bits per heavy atom. The van der Waals surface area contributed by atoms with Crippen molar-refractivity contribution in [3.8, 4) is 0 Å². The molecule has 0 aliphatic heterocycles. The number of nitrogens with one attached hydrogen (secondary N) is 2. The number of rotatable bonds is 10. The molecule has 4 saturated carbocycles. The van der Waals surface area contributed by atoms with Crippen molar-refractivity contribution in [1.82, 2.24) is 10.6 Å². The highest BCUT2D eigenvalue weighted by Gasteiger charge is 2.45. The van der Waals surface area contributed by atoms with E-state index in [9.17, 15) is 9.18 Å². The minimum atomic E-state index is -0.581. The number of hydrogen-bond acceptors (Lipinski definition) is 3. The Hall–Kier alpha value is -0.680. The van der Waals surface area contributed by atoms with Gasteiger partial charge < -0.3 is 15.4 Å². The second-order valence-corrected chi connectivity index (χ2v) is 13.7. The molecule has 1 amide bonds. The van der Waals surface area contributed by atoms with Gasteiger partial charge >= 0.3 is 0 Å². The molecule has 0 aromatic heterocycles. The van der Waals surface area contributed by atoms with Gasteiger partial charge in [0.2, 0.25) is 5.91 Å². The number of amides is 1. The van der Waals surface area contributed by atoms with E-state index in [-0.39, 0.29) is 11.3 Å². The van der Waals surface area contributed by atoms with Crippen LogP contribution in [0.4, 0.5) is 4.39 Å². The maximum Gasteiger partial charge on any atom is 0.223 e. The molecule has 0 radical (unpaired) electrons. The van der Waals surface area contributed by atoms with E-state index in [4.69, 9.17) is 4.74 Å². The minimum Gasteiger partial charge on any atom is -0.378 e. The van der Waals surface area contributed by atoms with Crippen LogP contribution in [-0.2, 0) is 9.53 Å². The van der Waals surface area contributed by atoms with Crippen molar-refractivity contribution < 1.29 is 13.9 Å². The van der Waals surface area contributed by atoms with E-state index in [1.165, 1.54) is 32.1 Å². The van der Waals surface area contributed by atoms with E-state index in [0.717, 1.165) is 77.5 Å². The first kappa shape index (κ1) is 29.3. The Morgan fingerprint density at radius 2 is 1.70 bits per heavy atom. The Morgan fingerprint density at radius 3 is 2.41 bits per heavy atom. The molecule has 0 bridgehead atoms. The lowest BCUT2D eigenvalue weighted by Crippen LogP contribution is -2.48. The van der Waals surface area contributed by atoms with Crippen LogP contribution >= 0.6 is 0 Å². The molecule has 0 spiro atoms. The molecule has 0 aromatic rings. The standard InChI is InChI=1S/C32H57FN2O2/c1-5-37-28-20-24(19-22(2)30(28)25-12-14-27(33)15-13-25)21-34-18-17-32(4)23(3)11-16-29(32)35-31(36)26-9-7-6-8-10-26/h22-30,34H,5-21H2,1-4H3,(H,35,36). The SMILES string of the molecule is CCOC1CC(CNCCC2(C)C(C)CCC2NC(=O)C2CCCCC2)CC(C)C1C1CCC(F)CC1. The van der Waals surface area contributed by atoms with Crippen LogP contribution in [0.2, 0.25) is 0 Å². The van der Waals surface area contributed by atoms with Gasteiger partial charge in [-0.25, -0.2) is 4.39 Å². The van der Waals surface area contributed by atoms with Crippen LogP contribution in [0.5, 0.6) is 0 Å². The lowest BCUT2D eigenvalue weighted by atomic mass is 9.64. The third kappa shape index (κ3) is 7.29. The van der Waals surface area contributed by atoms with Crippen molar-refractivity contribution in [3.05, 3.63) is 0 Å². The quantitative estimate of drug-likeness (QED) is 0.303.